The molecule has 0 radical (unpaired) electrons. The molecule has 100 valence electrons. The molecular formula is C14H14FNO3. The highest BCUT2D eigenvalue weighted by molar-refractivity contribution is 5.92. The summed E-state index contributed by atoms with van der Waals surface area (Å²) in [6, 6.07) is 8.82. The predicted octanol–water partition coefficient (Wildman–Crippen LogP) is 2.20. The molecule has 2 N–H and O–H groups in total. The van der Waals surface area contributed by atoms with E-state index in [9.17, 15) is 9.18 Å². The van der Waals surface area contributed by atoms with Crippen LogP contribution in [-0.4, -0.2) is 23.7 Å². The number of nitrogens with one attached hydrogen (secondary N) is 1. The molecule has 2 rings (SSSR count). The van der Waals surface area contributed by atoms with Crippen molar-refractivity contribution in [3.8, 4) is 11.3 Å². The van der Waals surface area contributed by atoms with Crippen molar-refractivity contribution in [2.75, 3.05) is 6.61 Å². The van der Waals surface area contributed by atoms with Crippen molar-refractivity contribution in [1.29, 1.82) is 0 Å². The average Bonchev–Trinajstić information content (AvgIpc) is 2.88. The van der Waals surface area contributed by atoms with Crippen LogP contribution in [0, 0.1) is 5.82 Å². The molecule has 1 heterocycles. The first-order chi connectivity index (χ1) is 9.11. The van der Waals surface area contributed by atoms with Crippen molar-refractivity contribution >= 4 is 5.91 Å². The highest BCUT2D eigenvalue weighted by Gasteiger charge is 2.15. The molecule has 1 aromatic heterocycles. The van der Waals surface area contributed by atoms with Gasteiger partial charge in [0, 0.05) is 6.04 Å². The van der Waals surface area contributed by atoms with Gasteiger partial charge in [0.2, 0.25) is 0 Å². The summed E-state index contributed by atoms with van der Waals surface area (Å²) in [5.41, 5.74) is 0.303. The Morgan fingerprint density at radius 2 is 2.11 bits per heavy atom. The van der Waals surface area contributed by atoms with E-state index in [2.05, 4.69) is 5.32 Å². The van der Waals surface area contributed by atoms with E-state index in [0.29, 0.717) is 11.3 Å². The van der Waals surface area contributed by atoms with Crippen molar-refractivity contribution in [2.45, 2.75) is 13.0 Å². The van der Waals surface area contributed by atoms with Gasteiger partial charge in [0.1, 0.15) is 11.6 Å². The van der Waals surface area contributed by atoms with E-state index in [0.717, 1.165) is 0 Å². The summed E-state index contributed by atoms with van der Waals surface area (Å²) in [4.78, 5) is 11.7. The van der Waals surface area contributed by atoms with Gasteiger partial charge in [-0.1, -0.05) is 12.1 Å². The molecule has 0 saturated heterocycles. The summed E-state index contributed by atoms with van der Waals surface area (Å²) < 4.78 is 18.9. The molecule has 0 aliphatic carbocycles. The molecule has 0 fully saturated rings. The lowest BCUT2D eigenvalue weighted by molar-refractivity contribution is 0.0895. The van der Waals surface area contributed by atoms with Gasteiger partial charge < -0.3 is 14.8 Å². The number of amides is 1. The number of carbonyl (C=O) groups is 1. The third kappa shape index (κ3) is 3.00. The van der Waals surface area contributed by atoms with Gasteiger partial charge >= 0.3 is 0 Å². The summed E-state index contributed by atoms with van der Waals surface area (Å²) in [5, 5.41) is 11.4. The van der Waals surface area contributed by atoms with Crippen LogP contribution in [-0.2, 0) is 0 Å². The second kappa shape index (κ2) is 5.67. The molecular weight excluding hydrogens is 249 g/mol. The van der Waals surface area contributed by atoms with Gasteiger partial charge in [0.05, 0.1) is 12.2 Å². The number of furan rings is 1. The van der Waals surface area contributed by atoms with Crippen LogP contribution in [0.1, 0.15) is 17.5 Å². The molecule has 0 unspecified atom stereocenters. The van der Waals surface area contributed by atoms with Gasteiger partial charge in [-0.15, -0.1) is 0 Å². The Morgan fingerprint density at radius 3 is 2.79 bits per heavy atom. The van der Waals surface area contributed by atoms with Crippen LogP contribution in [0.5, 0.6) is 0 Å². The minimum Gasteiger partial charge on any atom is -0.451 e. The van der Waals surface area contributed by atoms with Crippen LogP contribution in [0.4, 0.5) is 4.39 Å². The molecule has 0 aliphatic rings. The van der Waals surface area contributed by atoms with Crippen LogP contribution in [0.25, 0.3) is 11.3 Å². The Bertz CT molecular complexity index is 580. The van der Waals surface area contributed by atoms with Gasteiger partial charge in [-0.25, -0.2) is 4.39 Å². The molecule has 0 aliphatic heterocycles. The van der Waals surface area contributed by atoms with Crippen LogP contribution in [0.2, 0.25) is 0 Å². The largest absolute Gasteiger partial charge is 0.451 e. The Morgan fingerprint density at radius 1 is 1.37 bits per heavy atom. The molecule has 0 spiro atoms. The maximum absolute atomic E-state index is 13.6. The van der Waals surface area contributed by atoms with Crippen LogP contribution < -0.4 is 5.32 Å². The van der Waals surface area contributed by atoms with Gasteiger partial charge in [0.15, 0.2) is 5.76 Å². The van der Waals surface area contributed by atoms with E-state index in [1.165, 1.54) is 18.2 Å². The lowest BCUT2D eigenvalue weighted by Crippen LogP contribution is -2.34. The standard InChI is InChI=1S/C14H14FNO3/c1-9(8-17)16-14(18)13-7-6-12(19-13)10-4-2-3-5-11(10)15/h2-7,9,17H,8H2,1H3,(H,16,18)/t9-/m1/s1. The number of rotatable bonds is 4. The van der Waals surface area contributed by atoms with E-state index in [-0.39, 0.29) is 18.4 Å². The first kappa shape index (κ1) is 13.3. The average molecular weight is 263 g/mol. The fraction of sp³-hybridized carbons (Fsp3) is 0.214. The van der Waals surface area contributed by atoms with Gasteiger partial charge in [0.25, 0.3) is 5.91 Å². The zero-order valence-corrected chi connectivity index (χ0v) is 10.4. The zero-order chi connectivity index (χ0) is 13.8. The summed E-state index contributed by atoms with van der Waals surface area (Å²) >= 11 is 0. The number of halogens is 1. The Labute approximate surface area is 109 Å². The van der Waals surface area contributed by atoms with Crippen molar-refractivity contribution in [3.05, 3.63) is 48.0 Å². The number of benzene rings is 1. The van der Waals surface area contributed by atoms with E-state index in [1.54, 1.807) is 25.1 Å². The predicted molar refractivity (Wildman–Crippen MR) is 68.1 cm³/mol. The second-order valence-corrected chi connectivity index (χ2v) is 4.20. The summed E-state index contributed by atoms with van der Waals surface area (Å²) in [6.45, 7) is 1.51. The van der Waals surface area contributed by atoms with Crippen molar-refractivity contribution in [2.24, 2.45) is 0 Å². The smallest absolute Gasteiger partial charge is 0.287 e. The molecule has 19 heavy (non-hydrogen) atoms. The number of aliphatic hydroxyl groups is 1. The van der Waals surface area contributed by atoms with Gasteiger partial charge in [-0.05, 0) is 31.2 Å². The Hall–Kier alpha value is -2.14. The molecule has 0 bridgehead atoms. The molecule has 2 aromatic rings. The summed E-state index contributed by atoms with van der Waals surface area (Å²) in [7, 11) is 0. The van der Waals surface area contributed by atoms with Crippen LogP contribution in [0.15, 0.2) is 40.8 Å². The SMILES string of the molecule is C[C@H](CO)NC(=O)c1ccc(-c2ccccc2F)o1. The monoisotopic (exact) mass is 263 g/mol. The van der Waals surface area contributed by atoms with Crippen molar-refractivity contribution < 1.29 is 18.7 Å². The van der Waals surface area contributed by atoms with Crippen LogP contribution >= 0.6 is 0 Å². The quantitative estimate of drug-likeness (QED) is 0.888. The van der Waals surface area contributed by atoms with Crippen molar-refractivity contribution in [3.63, 3.8) is 0 Å². The van der Waals surface area contributed by atoms with Gasteiger partial charge in [-0.3, -0.25) is 4.79 Å². The maximum atomic E-state index is 13.6. The first-order valence-electron chi connectivity index (χ1n) is 5.88. The topological polar surface area (TPSA) is 62.5 Å². The van der Waals surface area contributed by atoms with Gasteiger partial charge in [-0.2, -0.15) is 0 Å². The minimum absolute atomic E-state index is 0.0820. The first-order valence-corrected chi connectivity index (χ1v) is 5.88. The Balaban J connectivity index is 2.20. The summed E-state index contributed by atoms with van der Waals surface area (Å²) in [5.74, 6) is -0.477. The molecule has 1 aromatic carbocycles. The molecule has 4 nitrogen and oxygen atoms in total. The molecule has 1 atom stereocenters. The van der Waals surface area contributed by atoms with E-state index in [4.69, 9.17) is 9.52 Å². The minimum atomic E-state index is -0.441. The fourth-order valence-electron chi connectivity index (χ4n) is 1.61. The second-order valence-electron chi connectivity index (χ2n) is 4.20. The number of hydrogen-bond acceptors (Lipinski definition) is 3. The molecule has 1 amide bonds. The number of aliphatic hydroxyl groups excluding tert-OH is 1. The highest BCUT2D eigenvalue weighted by Crippen LogP contribution is 2.24. The Kier molecular flexibility index (Phi) is 3.97. The normalized spacial score (nSPS) is 12.2. The van der Waals surface area contributed by atoms with E-state index < -0.39 is 11.7 Å². The third-order valence-electron chi connectivity index (χ3n) is 2.62. The third-order valence-corrected chi connectivity index (χ3v) is 2.62. The molecule has 0 saturated carbocycles. The van der Waals surface area contributed by atoms with E-state index in [1.807, 2.05) is 0 Å². The molecule has 5 heteroatoms. The van der Waals surface area contributed by atoms with E-state index >= 15 is 0 Å². The fourth-order valence-corrected chi connectivity index (χ4v) is 1.61. The lowest BCUT2D eigenvalue weighted by Gasteiger charge is -2.08. The zero-order valence-electron chi connectivity index (χ0n) is 10.4. The maximum Gasteiger partial charge on any atom is 0.287 e. The highest BCUT2D eigenvalue weighted by atomic mass is 19.1. The van der Waals surface area contributed by atoms with Crippen LogP contribution in [0.3, 0.4) is 0 Å². The summed E-state index contributed by atoms with van der Waals surface area (Å²) in [6.07, 6.45) is 0. The lowest BCUT2D eigenvalue weighted by atomic mass is 10.1. The number of hydrogen-bond donors (Lipinski definition) is 2. The number of carbonyl (C=O) groups excluding carboxylic acids is 1. The van der Waals surface area contributed by atoms with Crippen molar-refractivity contribution in [1.82, 2.24) is 5.32 Å².